The maximum Gasteiger partial charge on any atom is 0.142 e. The van der Waals surface area contributed by atoms with E-state index in [2.05, 4.69) is 27.4 Å². The molecule has 0 atom stereocenters. The molecule has 0 fully saturated rings. The maximum atomic E-state index is 9.86. The van der Waals surface area contributed by atoms with Crippen LogP contribution in [-0.2, 0) is 6.42 Å². The number of fused-ring (bicyclic) bond motifs is 4. The van der Waals surface area contributed by atoms with E-state index in [0.29, 0.717) is 0 Å². The summed E-state index contributed by atoms with van der Waals surface area (Å²) in [7, 11) is 0. The number of benzene rings is 3. The lowest BCUT2D eigenvalue weighted by molar-refractivity contribution is 0.476. The Hall–Kier alpha value is -2.79. The van der Waals surface area contributed by atoms with Crippen molar-refractivity contribution in [2.24, 2.45) is 0 Å². The molecule has 0 aliphatic carbocycles. The summed E-state index contributed by atoms with van der Waals surface area (Å²) >= 11 is 1.89. The highest BCUT2D eigenvalue weighted by atomic mass is 32.2. The van der Waals surface area contributed by atoms with Crippen molar-refractivity contribution in [2.45, 2.75) is 11.3 Å². The number of aromatic nitrogens is 2. The third-order valence-corrected chi connectivity index (χ3v) is 5.70. The number of phenols is 1. The number of thioether (sulfide) groups is 1. The normalized spacial score (nSPS) is 13.3. The third-order valence-electron chi connectivity index (χ3n) is 4.60. The number of hydrogen-bond donors (Lipinski definition) is 2. The summed E-state index contributed by atoms with van der Waals surface area (Å²) in [6, 6.07) is 15.7. The van der Waals surface area contributed by atoms with Crippen molar-refractivity contribution < 1.29 is 5.11 Å². The molecule has 0 bridgehead atoms. The number of anilines is 2. The Labute approximate surface area is 148 Å². The van der Waals surface area contributed by atoms with E-state index in [1.54, 1.807) is 18.5 Å². The van der Waals surface area contributed by atoms with Crippen LogP contribution in [0, 0.1) is 0 Å². The van der Waals surface area contributed by atoms with Crippen LogP contribution in [0.1, 0.15) is 5.56 Å². The van der Waals surface area contributed by atoms with Crippen molar-refractivity contribution >= 4 is 44.9 Å². The van der Waals surface area contributed by atoms with Gasteiger partial charge in [-0.3, -0.25) is 0 Å². The predicted molar refractivity (Wildman–Crippen MR) is 103 cm³/mol. The molecule has 122 valence electrons. The number of phenolic OH excluding ortho intramolecular Hbond substituents is 1. The number of aromatic hydroxyl groups is 1. The van der Waals surface area contributed by atoms with Crippen LogP contribution in [-0.4, -0.2) is 20.8 Å². The lowest BCUT2D eigenvalue weighted by Gasteiger charge is -2.13. The summed E-state index contributed by atoms with van der Waals surface area (Å²) in [4.78, 5) is 10.3. The summed E-state index contributed by atoms with van der Waals surface area (Å²) in [6.07, 6.45) is 2.64. The Morgan fingerprint density at radius 1 is 1.04 bits per heavy atom. The molecule has 1 aromatic heterocycles. The van der Waals surface area contributed by atoms with Gasteiger partial charge in [0.2, 0.25) is 0 Å². The molecule has 5 heteroatoms. The number of hydrogen-bond acceptors (Lipinski definition) is 5. The van der Waals surface area contributed by atoms with Gasteiger partial charge in [-0.25, -0.2) is 9.97 Å². The zero-order chi connectivity index (χ0) is 16.8. The Bertz CT molecular complexity index is 1130. The van der Waals surface area contributed by atoms with Crippen molar-refractivity contribution in [1.29, 1.82) is 0 Å². The largest absolute Gasteiger partial charge is 0.508 e. The zero-order valence-electron chi connectivity index (χ0n) is 13.4. The molecule has 4 aromatic rings. The lowest BCUT2D eigenvalue weighted by Crippen LogP contribution is -1.99. The van der Waals surface area contributed by atoms with E-state index in [9.17, 15) is 5.11 Å². The van der Waals surface area contributed by atoms with Gasteiger partial charge in [0.25, 0.3) is 0 Å². The molecule has 25 heavy (non-hydrogen) atoms. The van der Waals surface area contributed by atoms with Crippen molar-refractivity contribution in [3.05, 3.63) is 60.4 Å². The van der Waals surface area contributed by atoms with Crippen LogP contribution in [0.3, 0.4) is 0 Å². The standard InChI is InChI=1S/C20H15N3OS/c24-13-5-4-12-2-1-3-16(15(12)10-13)23-20-19-14-8-9-25-18(14)7-6-17(19)21-11-22-20/h1-7,10-11,24H,8-9H2,(H,21,22,23). The van der Waals surface area contributed by atoms with Crippen LogP contribution in [0.15, 0.2) is 59.8 Å². The van der Waals surface area contributed by atoms with Crippen molar-refractivity contribution in [2.75, 3.05) is 11.1 Å². The molecular weight excluding hydrogens is 330 g/mol. The first-order valence-electron chi connectivity index (χ1n) is 8.18. The first-order valence-corrected chi connectivity index (χ1v) is 9.16. The minimum absolute atomic E-state index is 0.256. The molecule has 1 aliphatic rings. The Balaban J connectivity index is 1.71. The molecule has 0 spiro atoms. The van der Waals surface area contributed by atoms with E-state index in [-0.39, 0.29) is 5.75 Å². The van der Waals surface area contributed by atoms with Gasteiger partial charge in [-0.2, -0.15) is 0 Å². The molecule has 0 amide bonds. The molecule has 0 unspecified atom stereocenters. The quantitative estimate of drug-likeness (QED) is 0.542. The fourth-order valence-corrected chi connectivity index (χ4v) is 4.51. The van der Waals surface area contributed by atoms with Gasteiger partial charge in [-0.15, -0.1) is 11.8 Å². The fraction of sp³-hybridized carbons (Fsp3) is 0.100. The highest BCUT2D eigenvalue weighted by molar-refractivity contribution is 7.99. The second-order valence-electron chi connectivity index (χ2n) is 6.09. The zero-order valence-corrected chi connectivity index (χ0v) is 14.2. The first-order chi connectivity index (χ1) is 12.3. The topological polar surface area (TPSA) is 58.0 Å². The number of nitrogens with zero attached hydrogens (tertiary/aromatic N) is 2. The monoisotopic (exact) mass is 345 g/mol. The average molecular weight is 345 g/mol. The van der Waals surface area contributed by atoms with Crippen molar-refractivity contribution in [3.8, 4) is 5.75 Å². The second-order valence-corrected chi connectivity index (χ2v) is 7.23. The second kappa shape index (κ2) is 5.63. The highest BCUT2D eigenvalue weighted by Crippen LogP contribution is 2.39. The molecule has 4 nitrogen and oxygen atoms in total. The molecule has 5 rings (SSSR count). The van der Waals surface area contributed by atoms with E-state index in [4.69, 9.17) is 0 Å². The number of rotatable bonds is 2. The van der Waals surface area contributed by atoms with E-state index in [0.717, 1.165) is 45.4 Å². The van der Waals surface area contributed by atoms with Crippen LogP contribution < -0.4 is 5.32 Å². The van der Waals surface area contributed by atoms with Gasteiger partial charge >= 0.3 is 0 Å². The molecule has 3 aromatic carbocycles. The molecule has 2 heterocycles. The van der Waals surface area contributed by atoms with Crippen LogP contribution in [0.5, 0.6) is 5.75 Å². The van der Waals surface area contributed by atoms with Crippen LogP contribution in [0.4, 0.5) is 11.5 Å². The van der Waals surface area contributed by atoms with Gasteiger partial charge in [0.1, 0.15) is 17.9 Å². The Morgan fingerprint density at radius 2 is 2.00 bits per heavy atom. The predicted octanol–water partition coefficient (Wildman–Crippen LogP) is 4.88. The van der Waals surface area contributed by atoms with E-state index in [1.807, 2.05) is 36.0 Å². The minimum Gasteiger partial charge on any atom is -0.508 e. The number of nitrogens with one attached hydrogen (secondary N) is 1. The summed E-state index contributed by atoms with van der Waals surface area (Å²) in [6.45, 7) is 0. The summed E-state index contributed by atoms with van der Waals surface area (Å²) < 4.78 is 0. The van der Waals surface area contributed by atoms with Gasteiger partial charge in [-0.1, -0.05) is 18.2 Å². The van der Waals surface area contributed by atoms with Gasteiger partial charge < -0.3 is 10.4 Å². The van der Waals surface area contributed by atoms with Crippen LogP contribution in [0.2, 0.25) is 0 Å². The minimum atomic E-state index is 0.256. The van der Waals surface area contributed by atoms with E-state index < -0.39 is 0 Å². The molecule has 2 N–H and O–H groups in total. The summed E-state index contributed by atoms with van der Waals surface area (Å²) in [5.74, 6) is 2.18. The average Bonchev–Trinajstić information content (AvgIpc) is 3.11. The highest BCUT2D eigenvalue weighted by Gasteiger charge is 2.18. The molecule has 0 saturated carbocycles. The van der Waals surface area contributed by atoms with Crippen LogP contribution in [0.25, 0.3) is 21.7 Å². The van der Waals surface area contributed by atoms with Crippen LogP contribution >= 0.6 is 11.8 Å². The summed E-state index contributed by atoms with van der Waals surface area (Å²) in [5.41, 5.74) is 3.21. The lowest BCUT2D eigenvalue weighted by atomic mass is 10.1. The molecular formula is C20H15N3OS. The fourth-order valence-electron chi connectivity index (χ4n) is 3.44. The smallest absolute Gasteiger partial charge is 0.142 e. The maximum absolute atomic E-state index is 9.86. The number of aryl methyl sites for hydroxylation is 1. The Morgan fingerprint density at radius 3 is 2.96 bits per heavy atom. The van der Waals surface area contributed by atoms with Gasteiger partial charge in [-0.05, 0) is 47.7 Å². The van der Waals surface area contributed by atoms with Gasteiger partial charge in [0.15, 0.2) is 0 Å². The van der Waals surface area contributed by atoms with Gasteiger partial charge in [0, 0.05) is 27.1 Å². The van der Waals surface area contributed by atoms with Gasteiger partial charge in [0.05, 0.1) is 5.52 Å². The molecule has 0 radical (unpaired) electrons. The SMILES string of the molecule is Oc1ccc2cccc(Nc3ncnc4ccc5c(c34)CCS5)c2c1. The third kappa shape index (κ3) is 2.39. The van der Waals surface area contributed by atoms with E-state index >= 15 is 0 Å². The van der Waals surface area contributed by atoms with Crippen molar-refractivity contribution in [1.82, 2.24) is 9.97 Å². The van der Waals surface area contributed by atoms with E-state index in [1.165, 1.54) is 10.5 Å². The first kappa shape index (κ1) is 14.5. The molecule has 1 aliphatic heterocycles. The Kier molecular flexibility index (Phi) is 3.28. The summed E-state index contributed by atoms with van der Waals surface area (Å²) in [5, 5.41) is 16.5. The molecule has 0 saturated heterocycles. The van der Waals surface area contributed by atoms with Crippen molar-refractivity contribution in [3.63, 3.8) is 0 Å².